The van der Waals surface area contributed by atoms with Gasteiger partial charge in [-0.3, -0.25) is 4.79 Å². The smallest absolute Gasteiger partial charge is 0.232 e. The molecule has 0 N–H and O–H groups in total. The van der Waals surface area contributed by atoms with Crippen LogP contribution in [0.1, 0.15) is 18.2 Å². The van der Waals surface area contributed by atoms with Gasteiger partial charge in [0.1, 0.15) is 5.82 Å². The van der Waals surface area contributed by atoms with Gasteiger partial charge in [0.05, 0.1) is 5.92 Å². The maximum absolute atomic E-state index is 13.2. The van der Waals surface area contributed by atoms with E-state index < -0.39 is 0 Å². The topological polar surface area (TPSA) is 59.2 Å². The minimum atomic E-state index is -0.355. The van der Waals surface area contributed by atoms with Crippen molar-refractivity contribution in [3.05, 3.63) is 48.6 Å². The van der Waals surface area contributed by atoms with Gasteiger partial charge in [-0.25, -0.2) is 4.39 Å². The Morgan fingerprint density at radius 3 is 3.14 bits per heavy atom. The lowest BCUT2D eigenvalue weighted by Crippen LogP contribution is -2.24. The Bertz CT molecular complexity index is 683. The Labute approximate surface area is 121 Å². The van der Waals surface area contributed by atoms with Gasteiger partial charge in [-0.05, 0) is 12.1 Å². The molecule has 5 nitrogen and oxygen atoms in total. The van der Waals surface area contributed by atoms with Gasteiger partial charge in [0.15, 0.2) is 0 Å². The summed E-state index contributed by atoms with van der Waals surface area (Å²) in [5.41, 5.74) is 0.553. The first-order chi connectivity index (χ1) is 10.2. The second-order valence-electron chi connectivity index (χ2n) is 4.96. The van der Waals surface area contributed by atoms with Crippen molar-refractivity contribution >= 4 is 5.91 Å². The molecule has 1 amide bonds. The summed E-state index contributed by atoms with van der Waals surface area (Å²) in [4.78, 5) is 17.8. The molecule has 0 saturated carbocycles. The van der Waals surface area contributed by atoms with Crippen LogP contribution in [-0.4, -0.2) is 34.0 Å². The van der Waals surface area contributed by atoms with Crippen molar-refractivity contribution in [1.29, 1.82) is 0 Å². The van der Waals surface area contributed by atoms with Gasteiger partial charge in [0, 0.05) is 25.1 Å². The molecule has 0 radical (unpaired) electrons. The summed E-state index contributed by atoms with van der Waals surface area (Å²) < 4.78 is 18.4. The summed E-state index contributed by atoms with van der Waals surface area (Å²) in [6.07, 6.45) is 2.03. The number of likely N-dealkylation sites (tertiary alicyclic amines) is 1. The molecule has 0 unspecified atom stereocenters. The number of carbonyl (C=O) groups is 1. The molecule has 1 saturated heterocycles. The Morgan fingerprint density at radius 1 is 1.52 bits per heavy atom. The summed E-state index contributed by atoms with van der Waals surface area (Å²) in [5, 5.41) is 3.87. The fourth-order valence-electron chi connectivity index (χ4n) is 2.42. The number of carbonyl (C=O) groups excluding carboxylic acids is 1. The van der Waals surface area contributed by atoms with E-state index in [-0.39, 0.29) is 17.6 Å². The highest BCUT2D eigenvalue weighted by atomic mass is 19.1. The van der Waals surface area contributed by atoms with E-state index in [1.165, 1.54) is 12.1 Å². The molecule has 0 bridgehead atoms. The number of hydrogen-bond acceptors (Lipinski definition) is 4. The van der Waals surface area contributed by atoms with Crippen LogP contribution in [-0.2, 0) is 4.79 Å². The van der Waals surface area contributed by atoms with Gasteiger partial charge >= 0.3 is 0 Å². The molecule has 3 rings (SSSR count). The molecular weight excluding hydrogens is 273 g/mol. The molecule has 1 fully saturated rings. The van der Waals surface area contributed by atoms with Gasteiger partial charge in [0.2, 0.25) is 17.6 Å². The predicted molar refractivity (Wildman–Crippen MR) is 73.8 cm³/mol. The van der Waals surface area contributed by atoms with Gasteiger partial charge in [-0.15, -0.1) is 6.58 Å². The monoisotopic (exact) mass is 287 g/mol. The third-order valence-electron chi connectivity index (χ3n) is 3.44. The van der Waals surface area contributed by atoms with Crippen LogP contribution in [0.4, 0.5) is 4.39 Å². The van der Waals surface area contributed by atoms with E-state index in [2.05, 4.69) is 16.7 Å². The maximum Gasteiger partial charge on any atom is 0.232 e. The average molecular weight is 287 g/mol. The van der Waals surface area contributed by atoms with Gasteiger partial charge < -0.3 is 9.42 Å². The number of aromatic nitrogens is 2. The summed E-state index contributed by atoms with van der Waals surface area (Å²) >= 11 is 0. The standard InChI is InChI=1S/C15H14FN3O2/c1-2-6-19-9-11(8-13(19)20)15-17-14(18-21-15)10-4-3-5-12(16)7-10/h2-5,7,11H,1,6,8-9H2/t11-/m0/s1. The van der Waals surface area contributed by atoms with Crippen molar-refractivity contribution in [1.82, 2.24) is 15.0 Å². The number of nitrogens with zero attached hydrogens (tertiary/aromatic N) is 3. The Morgan fingerprint density at radius 2 is 2.38 bits per heavy atom. The highest BCUT2D eigenvalue weighted by molar-refractivity contribution is 5.79. The van der Waals surface area contributed by atoms with Crippen molar-refractivity contribution in [2.24, 2.45) is 0 Å². The third kappa shape index (κ3) is 2.69. The van der Waals surface area contributed by atoms with E-state index in [1.807, 2.05) is 0 Å². The molecule has 2 aromatic rings. The highest BCUT2D eigenvalue weighted by Crippen LogP contribution is 2.28. The second kappa shape index (κ2) is 5.47. The number of hydrogen-bond donors (Lipinski definition) is 0. The number of rotatable bonds is 4. The van der Waals surface area contributed by atoms with Crippen LogP contribution in [0.25, 0.3) is 11.4 Å². The maximum atomic E-state index is 13.2. The normalized spacial score (nSPS) is 18.2. The van der Waals surface area contributed by atoms with E-state index in [0.29, 0.717) is 36.8 Å². The van der Waals surface area contributed by atoms with Gasteiger partial charge in [-0.1, -0.05) is 23.4 Å². The van der Waals surface area contributed by atoms with Crippen LogP contribution < -0.4 is 0 Å². The van der Waals surface area contributed by atoms with E-state index >= 15 is 0 Å². The lowest BCUT2D eigenvalue weighted by Gasteiger charge is -2.12. The summed E-state index contributed by atoms with van der Waals surface area (Å²) in [6, 6.07) is 6.00. The fourth-order valence-corrected chi connectivity index (χ4v) is 2.42. The molecule has 0 aliphatic carbocycles. The predicted octanol–water partition coefficient (Wildman–Crippen LogP) is 2.38. The summed E-state index contributed by atoms with van der Waals surface area (Å²) in [7, 11) is 0. The molecule has 0 spiro atoms. The first-order valence-corrected chi connectivity index (χ1v) is 6.65. The van der Waals surface area contributed by atoms with Crippen molar-refractivity contribution in [3.63, 3.8) is 0 Å². The Kier molecular flexibility index (Phi) is 3.51. The van der Waals surface area contributed by atoms with Crippen molar-refractivity contribution in [2.45, 2.75) is 12.3 Å². The molecule has 1 aliphatic heterocycles. The van der Waals surface area contributed by atoms with Gasteiger partial charge in [-0.2, -0.15) is 4.98 Å². The van der Waals surface area contributed by atoms with Crippen LogP contribution >= 0.6 is 0 Å². The SMILES string of the molecule is C=CCN1C[C@@H](c2nc(-c3cccc(F)c3)no2)CC1=O. The number of halogens is 1. The van der Waals surface area contributed by atoms with Crippen molar-refractivity contribution < 1.29 is 13.7 Å². The first kappa shape index (κ1) is 13.5. The molecule has 21 heavy (non-hydrogen) atoms. The minimum absolute atomic E-state index is 0.0467. The molecular formula is C15H14FN3O2. The molecule has 6 heteroatoms. The zero-order chi connectivity index (χ0) is 14.8. The zero-order valence-corrected chi connectivity index (χ0v) is 11.3. The molecule has 1 aromatic carbocycles. The van der Waals surface area contributed by atoms with Crippen molar-refractivity contribution in [3.8, 4) is 11.4 Å². The van der Waals surface area contributed by atoms with Gasteiger partial charge in [0.25, 0.3) is 0 Å². The number of benzene rings is 1. The fraction of sp³-hybridized carbons (Fsp3) is 0.267. The lowest BCUT2D eigenvalue weighted by molar-refractivity contribution is -0.127. The molecule has 1 atom stereocenters. The van der Waals surface area contributed by atoms with Crippen LogP contribution in [0.15, 0.2) is 41.4 Å². The highest BCUT2D eigenvalue weighted by Gasteiger charge is 2.33. The molecule has 1 aromatic heterocycles. The molecule has 108 valence electrons. The average Bonchev–Trinajstić information content (AvgIpc) is 3.07. The quantitative estimate of drug-likeness (QED) is 0.810. The zero-order valence-electron chi connectivity index (χ0n) is 11.3. The van der Waals surface area contributed by atoms with Crippen LogP contribution in [0, 0.1) is 5.82 Å². The van der Waals surface area contributed by atoms with E-state index in [0.717, 1.165) is 0 Å². The molecule has 1 aliphatic rings. The lowest BCUT2D eigenvalue weighted by atomic mass is 10.1. The Balaban J connectivity index is 1.80. The van der Waals surface area contributed by atoms with E-state index in [9.17, 15) is 9.18 Å². The largest absolute Gasteiger partial charge is 0.339 e. The van der Waals surface area contributed by atoms with E-state index in [4.69, 9.17) is 4.52 Å². The van der Waals surface area contributed by atoms with Crippen LogP contribution in [0.3, 0.4) is 0 Å². The number of amides is 1. The summed E-state index contributed by atoms with van der Waals surface area (Å²) in [5.74, 6) is 0.318. The van der Waals surface area contributed by atoms with Crippen LogP contribution in [0.2, 0.25) is 0 Å². The Hall–Kier alpha value is -2.50. The van der Waals surface area contributed by atoms with E-state index in [1.54, 1.807) is 23.1 Å². The second-order valence-corrected chi connectivity index (χ2v) is 4.96. The minimum Gasteiger partial charge on any atom is -0.339 e. The third-order valence-corrected chi connectivity index (χ3v) is 3.44. The van der Waals surface area contributed by atoms with Crippen molar-refractivity contribution in [2.75, 3.05) is 13.1 Å². The first-order valence-electron chi connectivity index (χ1n) is 6.65. The summed E-state index contributed by atoms with van der Waals surface area (Å²) in [6.45, 7) is 4.68. The molecule has 2 heterocycles. The van der Waals surface area contributed by atoms with Crippen LogP contribution in [0.5, 0.6) is 0 Å².